The Morgan fingerprint density at radius 1 is 1.04 bits per heavy atom. The normalized spacial score (nSPS) is 22.0. The van der Waals surface area contributed by atoms with E-state index in [0.29, 0.717) is 13.0 Å². The molecule has 0 aromatic rings. The minimum atomic E-state index is -3.92. The molecule has 0 unspecified atom stereocenters. The lowest BCUT2D eigenvalue weighted by Crippen LogP contribution is -2.39. The second kappa shape index (κ2) is 6.71. The number of hydrogen-bond acceptors (Lipinski definition) is 3. The molecule has 0 heterocycles. The molecule has 5 N–H and O–H groups in total. The van der Waals surface area contributed by atoms with E-state index in [-0.39, 0.29) is 11.7 Å². The lowest BCUT2D eigenvalue weighted by Gasteiger charge is -2.23. The second-order valence-electron chi connectivity index (χ2n) is 6.56. The monoisotopic (exact) mass is 336 g/mol. The smallest absolute Gasteiger partial charge is 0.324 e. The van der Waals surface area contributed by atoms with Gasteiger partial charge in [-0.2, -0.15) is 0 Å². The van der Waals surface area contributed by atoms with Gasteiger partial charge in [-0.1, -0.05) is 48.6 Å². The summed E-state index contributed by atoms with van der Waals surface area (Å²) in [6, 6.07) is 0. The molecule has 0 atom stereocenters. The van der Waals surface area contributed by atoms with Crippen LogP contribution in [0.3, 0.4) is 0 Å². The maximum atomic E-state index is 10.9. The number of allylic oxidation sites excluding steroid dienone is 6. The summed E-state index contributed by atoms with van der Waals surface area (Å²) in [5.74, 6) is 0. The Morgan fingerprint density at radius 2 is 1.52 bits per heavy atom. The first kappa shape index (κ1) is 18.1. The van der Waals surface area contributed by atoms with Crippen LogP contribution in [0.5, 0.6) is 0 Å². The van der Waals surface area contributed by atoms with Crippen molar-refractivity contribution >= 4 is 7.60 Å². The molecule has 0 radical (unpaired) electrons. The van der Waals surface area contributed by atoms with E-state index in [2.05, 4.69) is 17.5 Å². The highest BCUT2D eigenvalue weighted by molar-refractivity contribution is 7.51. The largest absolute Gasteiger partial charge is 0.325 e. The Kier molecular flexibility index (Phi) is 5.29. The number of nitrogens with one attached hydrogen (secondary N) is 1. The molecule has 0 bridgehead atoms. The van der Waals surface area contributed by atoms with Crippen molar-refractivity contribution in [2.75, 3.05) is 12.7 Å². The van der Waals surface area contributed by atoms with Gasteiger partial charge in [-0.15, -0.1) is 0 Å². The molecule has 2 aliphatic carbocycles. The van der Waals surface area contributed by atoms with Crippen molar-refractivity contribution in [1.29, 1.82) is 0 Å². The molecule has 0 aromatic carbocycles. The summed E-state index contributed by atoms with van der Waals surface area (Å²) < 4.78 is 10.9. The van der Waals surface area contributed by atoms with E-state index in [4.69, 9.17) is 15.5 Å². The molecule has 2 aliphatic rings. The van der Waals surface area contributed by atoms with Crippen molar-refractivity contribution in [3.63, 3.8) is 0 Å². The first-order valence-electron chi connectivity index (χ1n) is 7.68. The first-order valence-corrected chi connectivity index (χ1v) is 9.48. The predicted molar refractivity (Wildman–Crippen MR) is 94.1 cm³/mol. The summed E-state index contributed by atoms with van der Waals surface area (Å²) in [5, 5.41) is 3.34. The molecule has 0 spiro atoms. The standard InChI is InChI=1S/C17H25N2O3P/c1-16(18)8-4-14-6-10-17(2,11-7-15(14)5-9-16)19-12-3-13-23(20,21)22/h4-11,19H,3,12-13,18H2,1-2H3,(H2,20,21,22). The van der Waals surface area contributed by atoms with Crippen LogP contribution in [0.1, 0.15) is 20.3 Å². The van der Waals surface area contributed by atoms with E-state index in [1.54, 1.807) is 0 Å². The fourth-order valence-electron chi connectivity index (χ4n) is 2.43. The van der Waals surface area contributed by atoms with Gasteiger partial charge in [0.15, 0.2) is 0 Å². The van der Waals surface area contributed by atoms with Crippen LogP contribution in [0.25, 0.3) is 0 Å². The van der Waals surface area contributed by atoms with Crippen molar-refractivity contribution in [2.24, 2.45) is 5.73 Å². The molecular formula is C17H25N2O3P. The van der Waals surface area contributed by atoms with E-state index in [0.717, 1.165) is 11.1 Å². The molecule has 2 rings (SSSR count). The molecule has 126 valence electrons. The fourth-order valence-corrected chi connectivity index (χ4v) is 3.00. The van der Waals surface area contributed by atoms with Crippen LogP contribution in [-0.4, -0.2) is 33.6 Å². The highest BCUT2D eigenvalue weighted by atomic mass is 31.2. The summed E-state index contributed by atoms with van der Waals surface area (Å²) in [5.41, 5.74) is 7.50. The van der Waals surface area contributed by atoms with Crippen LogP contribution in [-0.2, 0) is 4.57 Å². The van der Waals surface area contributed by atoms with Gasteiger partial charge in [0.05, 0.1) is 17.2 Å². The van der Waals surface area contributed by atoms with Gasteiger partial charge >= 0.3 is 7.60 Å². The Balaban J connectivity index is 2.03. The number of nitrogens with two attached hydrogens (primary N) is 1. The molecule has 23 heavy (non-hydrogen) atoms. The third-order valence-corrected chi connectivity index (χ3v) is 4.83. The van der Waals surface area contributed by atoms with E-state index in [9.17, 15) is 4.57 Å². The molecule has 0 saturated carbocycles. The predicted octanol–water partition coefficient (Wildman–Crippen LogP) is 2.17. The third kappa shape index (κ3) is 5.72. The minimum Gasteiger partial charge on any atom is -0.324 e. The average Bonchev–Trinajstić information content (AvgIpc) is 2.67. The van der Waals surface area contributed by atoms with Crippen LogP contribution < -0.4 is 11.1 Å². The Labute approximate surface area is 137 Å². The lowest BCUT2D eigenvalue weighted by atomic mass is 10.00. The van der Waals surface area contributed by atoms with Crippen molar-refractivity contribution in [2.45, 2.75) is 31.3 Å². The molecular weight excluding hydrogens is 311 g/mol. The topological polar surface area (TPSA) is 95.6 Å². The van der Waals surface area contributed by atoms with Gasteiger partial charge in [-0.3, -0.25) is 4.57 Å². The highest BCUT2D eigenvalue weighted by Gasteiger charge is 2.21. The Bertz CT molecular complexity index is 615. The molecule has 0 saturated heterocycles. The second-order valence-corrected chi connectivity index (χ2v) is 8.34. The maximum absolute atomic E-state index is 10.9. The number of rotatable bonds is 5. The van der Waals surface area contributed by atoms with Gasteiger partial charge in [0.1, 0.15) is 0 Å². The zero-order valence-electron chi connectivity index (χ0n) is 13.6. The summed E-state index contributed by atoms with van der Waals surface area (Å²) in [6.07, 6.45) is 16.5. The van der Waals surface area contributed by atoms with Gasteiger partial charge in [0.25, 0.3) is 0 Å². The average molecular weight is 336 g/mol. The van der Waals surface area contributed by atoms with Crippen molar-refractivity contribution in [3.05, 3.63) is 59.8 Å². The SMILES string of the molecule is CC1(N)C=CC2=C(C=C1)C=CC(C)(NCCCP(=O)(O)O)C=C2. The highest BCUT2D eigenvalue weighted by Crippen LogP contribution is 2.34. The third-order valence-electron chi connectivity index (χ3n) is 3.93. The van der Waals surface area contributed by atoms with Crippen LogP contribution in [0, 0.1) is 0 Å². The van der Waals surface area contributed by atoms with E-state index in [1.807, 2.05) is 50.3 Å². The van der Waals surface area contributed by atoms with Gasteiger partial charge in [0.2, 0.25) is 0 Å². The molecule has 0 aromatic heterocycles. The number of hydrogen-bond donors (Lipinski definition) is 4. The van der Waals surface area contributed by atoms with Crippen molar-refractivity contribution in [1.82, 2.24) is 5.32 Å². The van der Waals surface area contributed by atoms with Gasteiger partial charge in [-0.25, -0.2) is 0 Å². The van der Waals surface area contributed by atoms with Gasteiger partial charge < -0.3 is 20.8 Å². The first-order chi connectivity index (χ1) is 10.6. The van der Waals surface area contributed by atoms with Crippen LogP contribution >= 0.6 is 7.60 Å². The summed E-state index contributed by atoms with van der Waals surface area (Å²) >= 11 is 0. The van der Waals surface area contributed by atoms with Crippen molar-refractivity contribution < 1.29 is 14.4 Å². The lowest BCUT2D eigenvalue weighted by molar-refractivity contribution is 0.370. The molecule has 0 aliphatic heterocycles. The van der Waals surface area contributed by atoms with E-state index < -0.39 is 13.1 Å². The zero-order chi connectivity index (χ0) is 17.1. The summed E-state index contributed by atoms with van der Waals surface area (Å²) in [7, 11) is -3.92. The van der Waals surface area contributed by atoms with Crippen LogP contribution in [0.2, 0.25) is 0 Å². The Morgan fingerprint density at radius 3 is 2.00 bits per heavy atom. The molecule has 6 heteroatoms. The quantitative estimate of drug-likeness (QED) is 0.456. The van der Waals surface area contributed by atoms with E-state index >= 15 is 0 Å². The van der Waals surface area contributed by atoms with Crippen LogP contribution in [0.4, 0.5) is 0 Å². The van der Waals surface area contributed by atoms with Crippen molar-refractivity contribution in [3.8, 4) is 0 Å². The Hall–Kier alpha value is -1.23. The maximum Gasteiger partial charge on any atom is 0.325 e. The summed E-state index contributed by atoms with van der Waals surface area (Å²) in [6.45, 7) is 4.52. The zero-order valence-corrected chi connectivity index (χ0v) is 14.5. The minimum absolute atomic E-state index is 0.0984. The molecule has 0 fully saturated rings. The van der Waals surface area contributed by atoms with Gasteiger partial charge in [0, 0.05) is 0 Å². The molecule has 0 amide bonds. The van der Waals surface area contributed by atoms with Crippen LogP contribution in [0.15, 0.2) is 59.8 Å². The fraction of sp³-hybridized carbons (Fsp3) is 0.412. The summed E-state index contributed by atoms with van der Waals surface area (Å²) in [4.78, 5) is 17.8. The molecule has 5 nitrogen and oxygen atoms in total. The van der Waals surface area contributed by atoms with Gasteiger partial charge in [-0.05, 0) is 38.0 Å². The van der Waals surface area contributed by atoms with E-state index in [1.165, 1.54) is 0 Å².